The minimum atomic E-state index is -0.144. The lowest BCUT2D eigenvalue weighted by Gasteiger charge is -2.28. The second kappa shape index (κ2) is 8.36. The molecule has 3 aromatic heterocycles. The fourth-order valence-corrected chi connectivity index (χ4v) is 4.23. The second-order valence-electron chi connectivity index (χ2n) is 6.96. The van der Waals surface area contributed by atoms with E-state index in [1.54, 1.807) is 17.4 Å². The van der Waals surface area contributed by atoms with Crippen molar-refractivity contribution in [2.45, 2.75) is 26.1 Å². The predicted octanol–water partition coefficient (Wildman–Crippen LogP) is 3.07. The van der Waals surface area contributed by atoms with Crippen molar-refractivity contribution in [1.82, 2.24) is 24.5 Å². The third kappa shape index (κ3) is 4.19. The number of benzene rings is 1. The van der Waals surface area contributed by atoms with Gasteiger partial charge in [0.15, 0.2) is 0 Å². The van der Waals surface area contributed by atoms with Crippen LogP contribution in [-0.4, -0.2) is 31.0 Å². The molecule has 0 aliphatic carbocycles. The molecule has 0 radical (unpaired) electrons. The van der Waals surface area contributed by atoms with Crippen molar-refractivity contribution in [2.24, 2.45) is 0 Å². The van der Waals surface area contributed by atoms with Gasteiger partial charge in [-0.2, -0.15) is 9.50 Å². The van der Waals surface area contributed by atoms with E-state index in [0.29, 0.717) is 24.8 Å². The summed E-state index contributed by atoms with van der Waals surface area (Å²) in [4.78, 5) is 25.0. The summed E-state index contributed by atoms with van der Waals surface area (Å²) in [6, 6.07) is 14.2. The molecule has 1 aliphatic rings. The lowest BCUT2D eigenvalue weighted by Crippen LogP contribution is -2.31. The smallest absolute Gasteiger partial charge is 0.274 e. The zero-order valence-corrected chi connectivity index (χ0v) is 17.3. The molecule has 0 atom stereocenters. The van der Waals surface area contributed by atoms with Gasteiger partial charge in [0.05, 0.1) is 12.2 Å². The van der Waals surface area contributed by atoms with E-state index < -0.39 is 0 Å². The van der Waals surface area contributed by atoms with Gasteiger partial charge in [-0.1, -0.05) is 30.3 Å². The van der Waals surface area contributed by atoms with Crippen molar-refractivity contribution in [1.29, 1.82) is 0 Å². The van der Waals surface area contributed by atoms with Crippen LogP contribution in [0, 0.1) is 0 Å². The fourth-order valence-electron chi connectivity index (χ4n) is 3.59. The predicted molar refractivity (Wildman–Crippen MR) is 117 cm³/mol. The summed E-state index contributed by atoms with van der Waals surface area (Å²) in [7, 11) is 0. The number of H-pyrrole nitrogens is 1. The molecule has 0 unspecified atom stereocenters. The van der Waals surface area contributed by atoms with Crippen molar-refractivity contribution in [3.8, 4) is 0 Å². The van der Waals surface area contributed by atoms with Gasteiger partial charge in [0, 0.05) is 30.6 Å². The molecule has 29 heavy (non-hydrogen) atoms. The second-order valence-corrected chi connectivity index (χ2v) is 7.99. The van der Waals surface area contributed by atoms with Gasteiger partial charge in [-0.25, -0.2) is 4.98 Å². The van der Waals surface area contributed by atoms with Crippen LogP contribution in [-0.2, 0) is 26.1 Å². The summed E-state index contributed by atoms with van der Waals surface area (Å²) in [5.74, 6) is 0.940. The summed E-state index contributed by atoms with van der Waals surface area (Å²) >= 11 is 1.68. The maximum absolute atomic E-state index is 12.5. The lowest BCUT2D eigenvalue weighted by molar-refractivity contribution is 0.242. The van der Waals surface area contributed by atoms with E-state index in [-0.39, 0.29) is 18.0 Å². The molecule has 4 aromatic rings. The molecule has 1 aliphatic heterocycles. The molecule has 5 rings (SSSR count). The number of hydrogen-bond acceptors (Lipinski definition) is 6. The van der Waals surface area contributed by atoms with Gasteiger partial charge in [-0.3, -0.25) is 14.8 Å². The van der Waals surface area contributed by atoms with Crippen LogP contribution in [0.4, 0.5) is 5.95 Å². The molecular weight excluding hydrogens is 408 g/mol. The lowest BCUT2D eigenvalue weighted by atomic mass is 10.00. The highest BCUT2D eigenvalue weighted by Crippen LogP contribution is 2.19. The molecule has 0 amide bonds. The molecule has 4 heterocycles. The van der Waals surface area contributed by atoms with E-state index in [9.17, 15) is 4.79 Å². The average Bonchev–Trinajstić information content (AvgIpc) is 3.36. The van der Waals surface area contributed by atoms with Gasteiger partial charge in [0.25, 0.3) is 11.3 Å². The number of nitrogens with one attached hydrogen (secondary N) is 2. The highest BCUT2D eigenvalue weighted by Gasteiger charge is 2.17. The molecule has 9 heteroatoms. The quantitative estimate of drug-likeness (QED) is 0.510. The number of anilines is 1. The summed E-state index contributed by atoms with van der Waals surface area (Å²) in [5.41, 5.74) is 3.37. The maximum Gasteiger partial charge on any atom is 0.274 e. The topological polar surface area (TPSA) is 78.3 Å². The monoisotopic (exact) mass is 428 g/mol. The van der Waals surface area contributed by atoms with Crippen molar-refractivity contribution in [2.75, 3.05) is 11.9 Å². The molecule has 0 fully saturated rings. The first-order valence-electron chi connectivity index (χ1n) is 9.29. The van der Waals surface area contributed by atoms with Crippen LogP contribution in [0.25, 0.3) is 5.78 Å². The zero-order valence-electron chi connectivity index (χ0n) is 15.7. The van der Waals surface area contributed by atoms with E-state index in [1.807, 2.05) is 11.4 Å². The number of thiophene rings is 1. The summed E-state index contributed by atoms with van der Waals surface area (Å²) < 4.78 is 1.38. The van der Waals surface area contributed by atoms with Crippen LogP contribution in [0.1, 0.15) is 21.7 Å². The summed E-state index contributed by atoms with van der Waals surface area (Å²) in [5, 5.41) is 8.22. The Labute approximate surface area is 177 Å². The van der Waals surface area contributed by atoms with E-state index in [4.69, 9.17) is 0 Å². The Hall–Kier alpha value is -2.68. The molecule has 0 bridgehead atoms. The average molecular weight is 429 g/mol. The van der Waals surface area contributed by atoms with Gasteiger partial charge in [-0.05, 0) is 29.0 Å². The van der Waals surface area contributed by atoms with Crippen LogP contribution in [0.2, 0.25) is 0 Å². The summed E-state index contributed by atoms with van der Waals surface area (Å²) in [6.07, 6.45) is 1.02. The van der Waals surface area contributed by atoms with Crippen molar-refractivity contribution in [3.63, 3.8) is 0 Å². The number of fused-ring (bicyclic) bond motifs is 2. The van der Waals surface area contributed by atoms with E-state index in [0.717, 1.165) is 25.2 Å². The van der Waals surface area contributed by atoms with E-state index in [2.05, 4.69) is 55.6 Å². The third-order valence-corrected chi connectivity index (χ3v) is 5.87. The van der Waals surface area contributed by atoms with Crippen LogP contribution in [0.15, 0.2) is 52.6 Å². The summed E-state index contributed by atoms with van der Waals surface area (Å²) in [6.45, 7) is 3.15. The van der Waals surface area contributed by atoms with Crippen LogP contribution in [0.5, 0.6) is 0 Å². The number of aromatic amines is 1. The Morgan fingerprint density at radius 3 is 2.83 bits per heavy atom. The normalized spacial score (nSPS) is 13.8. The van der Waals surface area contributed by atoms with Gasteiger partial charge in [0.2, 0.25) is 5.95 Å². The van der Waals surface area contributed by atoms with Crippen molar-refractivity contribution >= 4 is 35.5 Å². The maximum atomic E-state index is 12.5. The molecule has 7 nitrogen and oxygen atoms in total. The number of nitrogens with zero attached hydrogens (tertiary/aromatic N) is 4. The molecule has 0 saturated carbocycles. The number of rotatable bonds is 5. The number of halogens is 1. The molecule has 0 spiro atoms. The first-order valence-corrected chi connectivity index (χ1v) is 10.2. The van der Waals surface area contributed by atoms with Crippen molar-refractivity contribution in [3.05, 3.63) is 79.9 Å². The zero-order chi connectivity index (χ0) is 18.9. The first-order chi connectivity index (χ1) is 13.7. The molecule has 150 valence electrons. The highest BCUT2D eigenvalue weighted by atomic mass is 35.5. The number of aromatic nitrogens is 4. The van der Waals surface area contributed by atoms with Crippen LogP contribution >= 0.6 is 23.7 Å². The van der Waals surface area contributed by atoms with Crippen LogP contribution in [0.3, 0.4) is 0 Å². The van der Waals surface area contributed by atoms with Gasteiger partial charge in [-0.15, -0.1) is 23.7 Å². The minimum Gasteiger partial charge on any atom is -0.350 e. The third-order valence-electron chi connectivity index (χ3n) is 4.99. The molecular formula is C20H21ClN6OS. The highest BCUT2D eigenvalue weighted by molar-refractivity contribution is 7.09. The van der Waals surface area contributed by atoms with Gasteiger partial charge >= 0.3 is 0 Å². The van der Waals surface area contributed by atoms with Crippen LogP contribution < -0.4 is 10.9 Å². The Morgan fingerprint density at radius 1 is 1.14 bits per heavy atom. The van der Waals surface area contributed by atoms with Crippen molar-refractivity contribution < 1.29 is 0 Å². The minimum absolute atomic E-state index is 0. The van der Waals surface area contributed by atoms with Gasteiger partial charge in [0.1, 0.15) is 0 Å². The first kappa shape index (κ1) is 19.6. The molecule has 1 aromatic carbocycles. The van der Waals surface area contributed by atoms with Gasteiger partial charge < -0.3 is 5.32 Å². The Bertz CT molecular complexity index is 1170. The molecule has 0 saturated heterocycles. The SMILES string of the molecule is Cl.O=c1cc(CN2CCc3ccccc3C2)nc2nc(NCc3cccs3)[nH]n12. The Balaban J connectivity index is 0.00000205. The Kier molecular flexibility index (Phi) is 5.66. The Morgan fingerprint density at radius 2 is 2.00 bits per heavy atom. The largest absolute Gasteiger partial charge is 0.350 e. The van der Waals surface area contributed by atoms with E-state index >= 15 is 0 Å². The fraction of sp³-hybridized carbons (Fsp3) is 0.250. The van der Waals surface area contributed by atoms with E-state index in [1.165, 1.54) is 20.5 Å². The number of hydrogen-bond donors (Lipinski definition) is 2. The standard InChI is InChI=1S/C20H20N6OS.ClH/c27-18-10-16(13-25-8-7-14-4-1-2-5-15(14)12-25)22-20-23-19(24-26(18)20)21-11-17-6-3-9-28-17;/h1-6,9-10H,7-8,11-13H2,(H2,21,22,23,24);1H. The molecule has 2 N–H and O–H groups in total.